The van der Waals surface area contributed by atoms with Crippen molar-refractivity contribution in [2.45, 2.75) is 36.7 Å². The number of carbonyl (C=O) groups excluding carboxylic acids is 1. The van der Waals surface area contributed by atoms with E-state index in [1.807, 2.05) is 38.1 Å². The van der Waals surface area contributed by atoms with E-state index in [0.29, 0.717) is 13.0 Å². The SMILES string of the molecule is CCC(=O)C1(C)OCc2ccccc2S1. The summed E-state index contributed by atoms with van der Waals surface area (Å²) in [6.45, 7) is 4.27. The van der Waals surface area contributed by atoms with Gasteiger partial charge in [0.1, 0.15) is 0 Å². The molecule has 2 rings (SSSR count). The molecule has 1 aliphatic rings. The van der Waals surface area contributed by atoms with Gasteiger partial charge in [-0.1, -0.05) is 36.9 Å². The number of hydrogen-bond acceptors (Lipinski definition) is 3. The van der Waals surface area contributed by atoms with E-state index in [2.05, 4.69) is 0 Å². The summed E-state index contributed by atoms with van der Waals surface area (Å²) in [6, 6.07) is 8.07. The average Bonchev–Trinajstić information content (AvgIpc) is 2.27. The standard InChI is InChI=1S/C12H14O2S/c1-3-11(13)12(2)14-8-9-6-4-5-7-10(9)15-12/h4-7H,3,8H2,1-2H3. The summed E-state index contributed by atoms with van der Waals surface area (Å²) in [4.78, 5) is 12.2. The first-order chi connectivity index (χ1) is 7.15. The van der Waals surface area contributed by atoms with Crippen molar-refractivity contribution in [3.05, 3.63) is 29.8 Å². The molecule has 80 valence electrons. The maximum absolute atomic E-state index is 11.8. The van der Waals surface area contributed by atoms with Crippen LogP contribution in [0.4, 0.5) is 0 Å². The molecule has 1 atom stereocenters. The van der Waals surface area contributed by atoms with Crippen molar-refractivity contribution in [3.63, 3.8) is 0 Å². The summed E-state index contributed by atoms with van der Waals surface area (Å²) in [5.41, 5.74) is 1.17. The fourth-order valence-corrected chi connectivity index (χ4v) is 2.84. The summed E-state index contributed by atoms with van der Waals surface area (Å²) in [5.74, 6) is 0.155. The highest BCUT2D eigenvalue weighted by Crippen LogP contribution is 2.42. The Morgan fingerprint density at radius 1 is 1.53 bits per heavy atom. The van der Waals surface area contributed by atoms with Gasteiger partial charge >= 0.3 is 0 Å². The van der Waals surface area contributed by atoms with E-state index in [9.17, 15) is 4.79 Å². The third kappa shape index (κ3) is 1.94. The second kappa shape index (κ2) is 3.99. The molecule has 0 aromatic heterocycles. The number of ether oxygens (including phenoxy) is 1. The zero-order valence-corrected chi connectivity index (χ0v) is 9.76. The van der Waals surface area contributed by atoms with Gasteiger partial charge in [-0.3, -0.25) is 4.79 Å². The zero-order valence-electron chi connectivity index (χ0n) is 8.95. The molecule has 1 aromatic carbocycles. The van der Waals surface area contributed by atoms with Crippen molar-refractivity contribution in [2.75, 3.05) is 0 Å². The van der Waals surface area contributed by atoms with Gasteiger partial charge in [0.15, 0.2) is 10.7 Å². The highest BCUT2D eigenvalue weighted by atomic mass is 32.2. The summed E-state index contributed by atoms with van der Waals surface area (Å²) >= 11 is 1.52. The molecule has 1 unspecified atom stereocenters. The van der Waals surface area contributed by atoms with Crippen LogP contribution in [0, 0.1) is 0 Å². The number of Topliss-reactive ketones (excluding diaryl/α,β-unsaturated/α-hetero) is 1. The van der Waals surface area contributed by atoms with Gasteiger partial charge in [-0.05, 0) is 18.6 Å². The largest absolute Gasteiger partial charge is 0.352 e. The van der Waals surface area contributed by atoms with Gasteiger partial charge in [0.2, 0.25) is 0 Å². The van der Waals surface area contributed by atoms with Gasteiger partial charge < -0.3 is 4.74 Å². The number of rotatable bonds is 2. The van der Waals surface area contributed by atoms with Crippen molar-refractivity contribution in [1.82, 2.24) is 0 Å². The second-order valence-corrected chi connectivity index (χ2v) is 5.14. The molecular weight excluding hydrogens is 208 g/mol. The van der Waals surface area contributed by atoms with Crippen LogP contribution in [-0.2, 0) is 16.1 Å². The smallest absolute Gasteiger partial charge is 0.174 e. The third-order valence-electron chi connectivity index (χ3n) is 2.61. The highest BCUT2D eigenvalue weighted by Gasteiger charge is 2.37. The van der Waals surface area contributed by atoms with E-state index in [1.54, 1.807) is 0 Å². The van der Waals surface area contributed by atoms with Gasteiger partial charge in [0.25, 0.3) is 0 Å². The first-order valence-electron chi connectivity index (χ1n) is 5.10. The minimum absolute atomic E-state index is 0.155. The van der Waals surface area contributed by atoms with Crippen LogP contribution in [-0.4, -0.2) is 10.7 Å². The van der Waals surface area contributed by atoms with Crippen LogP contribution in [0.25, 0.3) is 0 Å². The molecule has 15 heavy (non-hydrogen) atoms. The Labute approximate surface area is 94.0 Å². The van der Waals surface area contributed by atoms with Crippen molar-refractivity contribution in [3.8, 4) is 0 Å². The summed E-state index contributed by atoms with van der Waals surface area (Å²) < 4.78 is 5.66. The first kappa shape index (κ1) is 10.7. The lowest BCUT2D eigenvalue weighted by Gasteiger charge is -2.32. The molecule has 1 aromatic rings. The minimum atomic E-state index is -0.691. The van der Waals surface area contributed by atoms with Crippen molar-refractivity contribution >= 4 is 17.5 Å². The predicted molar refractivity (Wildman–Crippen MR) is 60.8 cm³/mol. The number of thioether (sulfide) groups is 1. The Morgan fingerprint density at radius 2 is 2.27 bits per heavy atom. The van der Waals surface area contributed by atoms with Crippen LogP contribution < -0.4 is 0 Å². The molecule has 0 spiro atoms. The molecule has 0 fully saturated rings. The van der Waals surface area contributed by atoms with Crippen LogP contribution in [0.15, 0.2) is 29.2 Å². The Kier molecular flexibility index (Phi) is 2.85. The maximum atomic E-state index is 11.8. The molecule has 1 aliphatic heterocycles. The number of carbonyl (C=O) groups is 1. The van der Waals surface area contributed by atoms with E-state index in [1.165, 1.54) is 17.3 Å². The van der Waals surface area contributed by atoms with E-state index in [0.717, 1.165) is 4.90 Å². The summed E-state index contributed by atoms with van der Waals surface area (Å²) in [6.07, 6.45) is 0.520. The fraction of sp³-hybridized carbons (Fsp3) is 0.417. The maximum Gasteiger partial charge on any atom is 0.174 e. The Balaban J connectivity index is 2.28. The van der Waals surface area contributed by atoms with Crippen LogP contribution in [0.3, 0.4) is 0 Å². The molecule has 0 aliphatic carbocycles. The molecular formula is C12H14O2S. The van der Waals surface area contributed by atoms with Gasteiger partial charge in [-0.25, -0.2) is 0 Å². The van der Waals surface area contributed by atoms with Gasteiger partial charge in [0, 0.05) is 11.3 Å². The molecule has 1 heterocycles. The van der Waals surface area contributed by atoms with Crippen LogP contribution in [0.5, 0.6) is 0 Å². The Morgan fingerprint density at radius 3 is 3.00 bits per heavy atom. The van der Waals surface area contributed by atoms with Crippen molar-refractivity contribution < 1.29 is 9.53 Å². The first-order valence-corrected chi connectivity index (χ1v) is 5.91. The molecule has 2 nitrogen and oxygen atoms in total. The molecule has 0 saturated carbocycles. The van der Waals surface area contributed by atoms with E-state index in [4.69, 9.17) is 4.74 Å². The quantitative estimate of drug-likeness (QED) is 0.769. The highest BCUT2D eigenvalue weighted by molar-refractivity contribution is 8.01. The topological polar surface area (TPSA) is 26.3 Å². The second-order valence-electron chi connectivity index (χ2n) is 3.72. The van der Waals surface area contributed by atoms with Crippen molar-refractivity contribution in [2.24, 2.45) is 0 Å². The Hall–Kier alpha value is -0.800. The van der Waals surface area contributed by atoms with Crippen LogP contribution >= 0.6 is 11.8 Å². The van der Waals surface area contributed by atoms with Crippen LogP contribution in [0.1, 0.15) is 25.8 Å². The van der Waals surface area contributed by atoms with Crippen molar-refractivity contribution in [1.29, 1.82) is 0 Å². The van der Waals surface area contributed by atoms with E-state index >= 15 is 0 Å². The summed E-state index contributed by atoms with van der Waals surface area (Å²) in [5, 5.41) is 0. The molecule has 0 N–H and O–H groups in total. The molecule has 0 saturated heterocycles. The number of fused-ring (bicyclic) bond motifs is 1. The number of hydrogen-bond donors (Lipinski definition) is 0. The minimum Gasteiger partial charge on any atom is -0.352 e. The fourth-order valence-electron chi connectivity index (χ4n) is 1.64. The van der Waals surface area contributed by atoms with Crippen LogP contribution in [0.2, 0.25) is 0 Å². The van der Waals surface area contributed by atoms with Gasteiger partial charge in [-0.15, -0.1) is 0 Å². The number of ketones is 1. The monoisotopic (exact) mass is 222 g/mol. The zero-order chi connectivity index (χ0) is 10.9. The van der Waals surface area contributed by atoms with Gasteiger partial charge in [0.05, 0.1) is 6.61 Å². The van der Waals surface area contributed by atoms with E-state index < -0.39 is 4.93 Å². The lowest BCUT2D eigenvalue weighted by atomic mass is 10.2. The number of benzene rings is 1. The van der Waals surface area contributed by atoms with Gasteiger partial charge in [-0.2, -0.15) is 0 Å². The normalized spacial score (nSPS) is 24.7. The third-order valence-corrected chi connectivity index (χ3v) is 3.96. The van der Waals surface area contributed by atoms with E-state index in [-0.39, 0.29) is 5.78 Å². The molecule has 3 heteroatoms. The summed E-state index contributed by atoms with van der Waals surface area (Å²) in [7, 11) is 0. The lowest BCUT2D eigenvalue weighted by molar-refractivity contribution is -0.133. The molecule has 0 bridgehead atoms. The predicted octanol–water partition coefficient (Wildman–Crippen LogP) is 3.00. The average molecular weight is 222 g/mol. The lowest BCUT2D eigenvalue weighted by Crippen LogP contribution is -2.36. The molecule has 0 radical (unpaired) electrons. The Bertz CT molecular complexity index is 389. The molecule has 0 amide bonds.